The van der Waals surface area contributed by atoms with Crippen LogP contribution in [0, 0.1) is 0 Å². The maximum absolute atomic E-state index is 6.26. The summed E-state index contributed by atoms with van der Waals surface area (Å²) in [4.78, 5) is 11.2. The maximum Gasteiger partial charge on any atom is 0.162 e. The first-order chi connectivity index (χ1) is 56.5. The molecule has 0 saturated heterocycles. The third kappa shape index (κ3) is 10.1. The number of thiophene rings is 1. The second-order valence-electron chi connectivity index (χ2n) is 30.0. The molecule has 24 aromatic rings. The van der Waals surface area contributed by atoms with E-state index in [2.05, 4.69) is 394 Å². The molecule has 17 aromatic carbocycles. The average molecular weight is 1470 g/mol. The molecule has 0 aliphatic rings. The molecule has 8 heteroatoms. The highest BCUT2D eigenvalue weighted by atomic mass is 32.1. The van der Waals surface area contributed by atoms with Crippen molar-refractivity contribution in [3.8, 4) is 101 Å². The van der Waals surface area contributed by atoms with Gasteiger partial charge in [0.25, 0.3) is 0 Å². The molecule has 0 aliphatic heterocycles. The van der Waals surface area contributed by atoms with Crippen LogP contribution in [-0.4, -0.2) is 28.2 Å². The van der Waals surface area contributed by atoms with Crippen LogP contribution in [0.2, 0.25) is 0 Å². The van der Waals surface area contributed by atoms with E-state index in [0.29, 0.717) is 5.82 Å². The molecule has 7 nitrogen and oxygen atoms in total. The second kappa shape index (κ2) is 25.3. The Bertz CT molecular complexity index is 7870. The van der Waals surface area contributed by atoms with Gasteiger partial charge in [0.05, 0.1) is 49.8 Å². The van der Waals surface area contributed by atoms with Crippen LogP contribution in [0.25, 0.3) is 230 Å². The van der Waals surface area contributed by atoms with Crippen LogP contribution in [0.5, 0.6) is 0 Å². The normalized spacial score (nSPS) is 12.0. The van der Waals surface area contributed by atoms with Crippen molar-refractivity contribution in [2.24, 2.45) is 0 Å². The summed E-state index contributed by atoms with van der Waals surface area (Å²) in [7, 11) is 0. The van der Waals surface area contributed by atoms with Gasteiger partial charge in [-0.25, -0.2) is 9.97 Å². The first-order valence-corrected chi connectivity index (χ1v) is 39.6. The highest BCUT2D eigenvalue weighted by molar-refractivity contribution is 7.25. The minimum Gasteiger partial charge on any atom is -0.456 e. The lowest BCUT2D eigenvalue weighted by atomic mass is 9.95. The Kier molecular flexibility index (Phi) is 14.2. The highest BCUT2D eigenvalue weighted by Gasteiger charge is 2.25. The molecule has 0 atom stereocenters. The monoisotopic (exact) mass is 1470 g/mol. The molecule has 0 fully saturated rings. The van der Waals surface area contributed by atoms with Crippen molar-refractivity contribution in [2.45, 2.75) is 0 Å². The molecule has 0 bridgehead atoms. The zero-order chi connectivity index (χ0) is 74.6. The molecule has 0 saturated carbocycles. The SMILES string of the molecule is c1ccc(-c2ccc3c(c2)c2cc(-c4cc(-c5ccc6c(c5)c5cc(-c7ccccc7)ccc5n6-c5ccccc5)cc(-n5c6ccccc6c6cc7c(cc65)c5ccccc5n7-c5cc(-c6ccccc6)nc(-c6ccc7sc8ccc(-c9ccc%10oc%11ccccc%11c%10c9)cc8c7c6)n5)c4)ccc2n3-c2ccccc2)cc1. The zero-order valence-electron chi connectivity index (χ0n) is 61.5. The number of furan rings is 1. The predicted octanol–water partition coefficient (Wildman–Crippen LogP) is 28.8. The average Bonchev–Trinajstić information content (AvgIpc) is 1.56. The fourth-order valence-corrected chi connectivity index (χ4v) is 19.3. The molecule has 0 N–H and O–H groups in total. The van der Waals surface area contributed by atoms with E-state index in [1.165, 1.54) is 64.0 Å². The molecule has 0 aliphatic carbocycles. The van der Waals surface area contributed by atoms with Crippen molar-refractivity contribution in [1.82, 2.24) is 28.2 Å². The van der Waals surface area contributed by atoms with E-state index in [-0.39, 0.29) is 0 Å². The van der Waals surface area contributed by atoms with Gasteiger partial charge < -0.3 is 18.1 Å². The van der Waals surface area contributed by atoms with Crippen molar-refractivity contribution in [3.05, 3.63) is 388 Å². The van der Waals surface area contributed by atoms with Crippen LogP contribution >= 0.6 is 11.3 Å². The number of para-hydroxylation sites is 5. The van der Waals surface area contributed by atoms with Gasteiger partial charge in [0.15, 0.2) is 5.82 Å². The number of rotatable bonds is 11. The number of fused-ring (bicyclic) bond motifs is 18. The van der Waals surface area contributed by atoms with Gasteiger partial charge in [0.2, 0.25) is 0 Å². The minimum atomic E-state index is 0.649. The van der Waals surface area contributed by atoms with E-state index < -0.39 is 0 Å². The van der Waals surface area contributed by atoms with Crippen LogP contribution in [0.3, 0.4) is 0 Å². The van der Waals surface area contributed by atoms with Gasteiger partial charge in [-0.15, -0.1) is 11.3 Å². The van der Waals surface area contributed by atoms with E-state index in [4.69, 9.17) is 14.4 Å². The quantitative estimate of drug-likeness (QED) is 0.130. The lowest BCUT2D eigenvalue weighted by Gasteiger charge is -2.15. The van der Waals surface area contributed by atoms with Crippen LogP contribution in [0.4, 0.5) is 0 Å². The Morgan fingerprint density at radius 1 is 0.193 bits per heavy atom. The van der Waals surface area contributed by atoms with Gasteiger partial charge in [-0.05, 0) is 219 Å². The molecule has 24 rings (SSSR count). The summed E-state index contributed by atoms with van der Waals surface area (Å²) in [6.45, 7) is 0. The molecule has 7 heterocycles. The maximum atomic E-state index is 6.26. The summed E-state index contributed by atoms with van der Waals surface area (Å²) in [5, 5.41) is 13.9. The molecule has 0 unspecified atom stereocenters. The van der Waals surface area contributed by atoms with Crippen LogP contribution in [0.15, 0.2) is 393 Å². The molecular weight excluding hydrogens is 1410 g/mol. The standard InChI is InChI=1S/C106H64N6OS/c1-6-22-65(23-7-1)68-38-45-95-83(55-68)85-57-72(40-47-97(85)109(95)77-28-12-4-13-29-77)75-52-76(73-41-48-98-86(58-73)84-56-69(66-24-8-2-9-25-66)39-46-96(84)110(98)78-30-14-5-15-31-78)54-79(53-75)111-93-35-19-16-32-80(93)87-63-100-88(62-99(87)111)81-33-17-20-36-94(81)112(100)105-64-92(67-26-10-3-11-27-67)107-106(108-105)74-44-51-104-91(61-74)90-60-71(43-50-103(90)114-104)70-42-49-102-89(59-70)82-34-18-21-37-101(82)113-102/h1-64H. The smallest absolute Gasteiger partial charge is 0.162 e. The second-order valence-corrected chi connectivity index (χ2v) is 31.1. The van der Waals surface area contributed by atoms with Crippen molar-refractivity contribution < 1.29 is 4.42 Å². The largest absolute Gasteiger partial charge is 0.456 e. The number of aromatic nitrogens is 6. The number of hydrogen-bond acceptors (Lipinski definition) is 4. The molecular formula is C106H64N6OS. The Morgan fingerprint density at radius 3 is 1.09 bits per heavy atom. The van der Waals surface area contributed by atoms with Crippen molar-refractivity contribution in [3.63, 3.8) is 0 Å². The molecule has 0 radical (unpaired) electrons. The van der Waals surface area contributed by atoms with Crippen LogP contribution in [0.1, 0.15) is 0 Å². The first-order valence-electron chi connectivity index (χ1n) is 38.8. The van der Waals surface area contributed by atoms with Gasteiger partial charge in [0.1, 0.15) is 17.0 Å². The molecule has 530 valence electrons. The van der Waals surface area contributed by atoms with Gasteiger partial charge in [0, 0.05) is 108 Å². The molecule has 0 amide bonds. The van der Waals surface area contributed by atoms with Crippen molar-refractivity contribution in [1.29, 1.82) is 0 Å². The Labute approximate surface area is 658 Å². The minimum absolute atomic E-state index is 0.649. The van der Waals surface area contributed by atoms with Gasteiger partial charge in [-0.3, -0.25) is 4.57 Å². The van der Waals surface area contributed by atoms with E-state index in [0.717, 1.165) is 161 Å². The third-order valence-corrected chi connectivity index (χ3v) is 24.7. The Morgan fingerprint density at radius 2 is 0.553 bits per heavy atom. The lowest BCUT2D eigenvalue weighted by molar-refractivity contribution is 0.669. The van der Waals surface area contributed by atoms with Crippen LogP contribution < -0.4 is 0 Å². The van der Waals surface area contributed by atoms with Gasteiger partial charge in [-0.2, -0.15) is 0 Å². The third-order valence-electron chi connectivity index (χ3n) is 23.5. The van der Waals surface area contributed by atoms with Crippen molar-refractivity contribution >= 4 is 141 Å². The Balaban J connectivity index is 0.711. The highest BCUT2D eigenvalue weighted by Crippen LogP contribution is 2.47. The topological polar surface area (TPSA) is 58.6 Å². The van der Waals surface area contributed by atoms with Crippen molar-refractivity contribution in [2.75, 3.05) is 0 Å². The summed E-state index contributed by atoms with van der Waals surface area (Å²) in [6, 6.07) is 142. The summed E-state index contributed by atoms with van der Waals surface area (Å²) in [6.07, 6.45) is 0. The van der Waals surface area contributed by atoms with E-state index in [9.17, 15) is 0 Å². The predicted molar refractivity (Wildman–Crippen MR) is 478 cm³/mol. The fraction of sp³-hybridized carbons (Fsp3) is 0. The van der Waals surface area contributed by atoms with Gasteiger partial charge in [-0.1, -0.05) is 218 Å². The Hall–Kier alpha value is -15.0. The zero-order valence-corrected chi connectivity index (χ0v) is 62.3. The number of hydrogen-bond donors (Lipinski definition) is 0. The van der Waals surface area contributed by atoms with E-state index in [1.54, 1.807) is 0 Å². The summed E-state index contributed by atoms with van der Waals surface area (Å²) in [5.74, 6) is 1.43. The molecule has 0 spiro atoms. The van der Waals surface area contributed by atoms with E-state index in [1.807, 2.05) is 23.5 Å². The van der Waals surface area contributed by atoms with E-state index >= 15 is 0 Å². The summed E-state index contributed by atoms with van der Waals surface area (Å²) >= 11 is 1.82. The van der Waals surface area contributed by atoms with Crippen LogP contribution in [-0.2, 0) is 0 Å². The number of nitrogens with zero attached hydrogens (tertiary/aromatic N) is 6. The summed E-state index contributed by atoms with van der Waals surface area (Å²) < 4.78 is 18.4. The first kappa shape index (κ1) is 63.9. The molecule has 7 aromatic heterocycles. The van der Waals surface area contributed by atoms with Gasteiger partial charge >= 0.3 is 0 Å². The summed E-state index contributed by atoms with van der Waals surface area (Å²) in [5.41, 5.74) is 28.3. The number of benzene rings is 17. The molecule has 114 heavy (non-hydrogen) atoms. The lowest BCUT2D eigenvalue weighted by Crippen LogP contribution is -2.02. The fourth-order valence-electron chi connectivity index (χ4n) is 18.2.